The maximum atomic E-state index is 10.6. The highest BCUT2D eigenvalue weighted by Crippen LogP contribution is 2.15. The van der Waals surface area contributed by atoms with Gasteiger partial charge in [-0.2, -0.15) is 0 Å². The number of hydrogen-bond donors (Lipinski definition) is 3. The number of benzene rings is 1. The molecule has 1 unspecified atom stereocenters. The number of carbonyl (C=O) groups is 1. The lowest BCUT2D eigenvalue weighted by Crippen LogP contribution is -2.42. The minimum Gasteiger partial charge on any atom is -0.481 e. The van der Waals surface area contributed by atoms with Crippen LogP contribution in [0, 0.1) is 0 Å². The Kier molecular flexibility index (Phi) is 5.99. The molecule has 0 amide bonds. The lowest BCUT2D eigenvalue weighted by atomic mass is 9.94. The van der Waals surface area contributed by atoms with Crippen molar-refractivity contribution in [1.29, 1.82) is 0 Å². The topological polar surface area (TPSA) is 69.6 Å². The van der Waals surface area contributed by atoms with Crippen molar-refractivity contribution in [2.45, 2.75) is 45.2 Å². The number of aliphatic hydroxyl groups is 1. The quantitative estimate of drug-likeness (QED) is 0.672. The zero-order valence-electron chi connectivity index (χ0n) is 11.6. The molecule has 0 fully saturated rings. The molecular weight excluding hydrogens is 242 g/mol. The van der Waals surface area contributed by atoms with E-state index >= 15 is 0 Å². The van der Waals surface area contributed by atoms with E-state index in [9.17, 15) is 4.79 Å². The molecule has 0 saturated heterocycles. The SMILES string of the molecule is CCC(C)(CCO)NCc1ccc(CC(=O)O)cc1. The number of aliphatic hydroxyl groups excluding tert-OH is 1. The van der Waals surface area contributed by atoms with Crippen molar-refractivity contribution in [2.75, 3.05) is 6.61 Å². The number of hydrogen-bond acceptors (Lipinski definition) is 3. The highest BCUT2D eigenvalue weighted by atomic mass is 16.4. The fourth-order valence-electron chi connectivity index (χ4n) is 1.90. The standard InChI is InChI=1S/C15H23NO3/c1-3-15(2,8-9-17)16-11-13-6-4-12(5-7-13)10-14(18)19/h4-7,16-17H,3,8-11H2,1-2H3,(H,18,19). The number of carboxylic acid groups (broad SMARTS) is 1. The smallest absolute Gasteiger partial charge is 0.307 e. The third-order valence-corrected chi connectivity index (χ3v) is 3.54. The van der Waals surface area contributed by atoms with Gasteiger partial charge in [0, 0.05) is 18.7 Å². The monoisotopic (exact) mass is 265 g/mol. The molecule has 4 nitrogen and oxygen atoms in total. The van der Waals surface area contributed by atoms with Gasteiger partial charge in [-0.05, 0) is 30.9 Å². The molecule has 1 rings (SSSR count). The Morgan fingerprint density at radius 3 is 2.32 bits per heavy atom. The summed E-state index contributed by atoms with van der Waals surface area (Å²) < 4.78 is 0. The molecule has 4 heteroatoms. The average Bonchev–Trinajstić information content (AvgIpc) is 2.38. The first kappa shape index (κ1) is 15.7. The van der Waals surface area contributed by atoms with Gasteiger partial charge in [0.05, 0.1) is 6.42 Å². The Morgan fingerprint density at radius 2 is 1.84 bits per heavy atom. The number of rotatable bonds is 8. The van der Waals surface area contributed by atoms with E-state index in [4.69, 9.17) is 10.2 Å². The molecule has 0 aliphatic rings. The zero-order valence-corrected chi connectivity index (χ0v) is 11.6. The molecule has 0 saturated carbocycles. The van der Waals surface area contributed by atoms with Gasteiger partial charge in [-0.25, -0.2) is 0 Å². The summed E-state index contributed by atoms with van der Waals surface area (Å²) in [6.45, 7) is 5.09. The molecular formula is C15H23NO3. The Hall–Kier alpha value is -1.39. The third kappa shape index (κ3) is 5.41. The van der Waals surface area contributed by atoms with E-state index in [2.05, 4.69) is 19.2 Å². The van der Waals surface area contributed by atoms with Gasteiger partial charge in [0.1, 0.15) is 0 Å². The van der Waals surface area contributed by atoms with E-state index in [0.717, 1.165) is 30.5 Å². The molecule has 1 aromatic rings. The Balaban J connectivity index is 2.55. The second-order valence-corrected chi connectivity index (χ2v) is 5.13. The minimum atomic E-state index is -0.813. The molecule has 0 spiro atoms. The van der Waals surface area contributed by atoms with E-state index < -0.39 is 5.97 Å². The van der Waals surface area contributed by atoms with Crippen LogP contribution in [0.3, 0.4) is 0 Å². The average molecular weight is 265 g/mol. The molecule has 106 valence electrons. The van der Waals surface area contributed by atoms with Gasteiger partial charge >= 0.3 is 5.97 Å². The highest BCUT2D eigenvalue weighted by Gasteiger charge is 2.20. The fourth-order valence-corrected chi connectivity index (χ4v) is 1.90. The molecule has 0 radical (unpaired) electrons. The summed E-state index contributed by atoms with van der Waals surface area (Å²) in [5.41, 5.74) is 1.87. The summed E-state index contributed by atoms with van der Waals surface area (Å²) in [7, 11) is 0. The van der Waals surface area contributed by atoms with Crippen molar-refractivity contribution >= 4 is 5.97 Å². The zero-order chi connectivity index (χ0) is 14.3. The lowest BCUT2D eigenvalue weighted by molar-refractivity contribution is -0.136. The number of nitrogens with one attached hydrogen (secondary N) is 1. The maximum Gasteiger partial charge on any atom is 0.307 e. The predicted octanol–water partition coefficient (Wildman–Crippen LogP) is 1.95. The second kappa shape index (κ2) is 7.26. The maximum absolute atomic E-state index is 10.6. The van der Waals surface area contributed by atoms with Crippen LogP contribution in [-0.4, -0.2) is 28.3 Å². The van der Waals surface area contributed by atoms with Crippen molar-refractivity contribution in [1.82, 2.24) is 5.32 Å². The summed E-state index contributed by atoms with van der Waals surface area (Å²) in [4.78, 5) is 10.6. The first-order valence-corrected chi connectivity index (χ1v) is 6.64. The summed E-state index contributed by atoms with van der Waals surface area (Å²) in [5, 5.41) is 21.2. The van der Waals surface area contributed by atoms with Crippen LogP contribution < -0.4 is 5.32 Å². The van der Waals surface area contributed by atoms with E-state index in [0.29, 0.717) is 0 Å². The predicted molar refractivity (Wildman–Crippen MR) is 75.0 cm³/mol. The molecule has 1 atom stereocenters. The van der Waals surface area contributed by atoms with Crippen LogP contribution >= 0.6 is 0 Å². The first-order chi connectivity index (χ1) is 8.99. The number of carboxylic acids is 1. The van der Waals surface area contributed by atoms with Gasteiger partial charge in [0.2, 0.25) is 0 Å². The highest BCUT2D eigenvalue weighted by molar-refractivity contribution is 5.70. The molecule has 3 N–H and O–H groups in total. The second-order valence-electron chi connectivity index (χ2n) is 5.13. The minimum absolute atomic E-state index is 0.0604. The lowest BCUT2D eigenvalue weighted by Gasteiger charge is -2.29. The molecule has 0 aliphatic carbocycles. The molecule has 0 heterocycles. The van der Waals surface area contributed by atoms with E-state index in [1.165, 1.54) is 0 Å². The van der Waals surface area contributed by atoms with Gasteiger partial charge in [-0.3, -0.25) is 4.79 Å². The number of aliphatic carboxylic acids is 1. The van der Waals surface area contributed by atoms with Gasteiger partial charge < -0.3 is 15.5 Å². The van der Waals surface area contributed by atoms with Gasteiger partial charge in [-0.15, -0.1) is 0 Å². The normalized spacial score (nSPS) is 14.1. The van der Waals surface area contributed by atoms with E-state index in [-0.39, 0.29) is 18.6 Å². The summed E-state index contributed by atoms with van der Waals surface area (Å²) in [6, 6.07) is 7.58. The molecule has 0 aromatic heterocycles. The van der Waals surface area contributed by atoms with Gasteiger partial charge in [0.15, 0.2) is 0 Å². The van der Waals surface area contributed by atoms with Crippen LogP contribution in [-0.2, 0) is 17.8 Å². The van der Waals surface area contributed by atoms with E-state index in [1.54, 1.807) is 0 Å². The third-order valence-electron chi connectivity index (χ3n) is 3.54. The molecule has 0 aliphatic heterocycles. The van der Waals surface area contributed by atoms with Gasteiger partial charge in [-0.1, -0.05) is 31.2 Å². The Labute approximate surface area is 114 Å². The van der Waals surface area contributed by atoms with Crippen LogP contribution in [0.5, 0.6) is 0 Å². The van der Waals surface area contributed by atoms with Crippen LogP contribution in [0.2, 0.25) is 0 Å². The van der Waals surface area contributed by atoms with Crippen LogP contribution in [0.1, 0.15) is 37.8 Å². The van der Waals surface area contributed by atoms with Crippen molar-refractivity contribution in [2.24, 2.45) is 0 Å². The Bertz CT molecular complexity index is 402. The summed E-state index contributed by atoms with van der Waals surface area (Å²) in [6.07, 6.45) is 1.73. The fraction of sp³-hybridized carbons (Fsp3) is 0.533. The van der Waals surface area contributed by atoms with Crippen molar-refractivity contribution in [3.63, 3.8) is 0 Å². The van der Waals surface area contributed by atoms with Crippen molar-refractivity contribution in [3.8, 4) is 0 Å². The largest absolute Gasteiger partial charge is 0.481 e. The van der Waals surface area contributed by atoms with Crippen molar-refractivity contribution in [3.05, 3.63) is 35.4 Å². The van der Waals surface area contributed by atoms with Gasteiger partial charge in [0.25, 0.3) is 0 Å². The van der Waals surface area contributed by atoms with Crippen LogP contribution in [0.15, 0.2) is 24.3 Å². The molecule has 0 bridgehead atoms. The van der Waals surface area contributed by atoms with Crippen LogP contribution in [0.25, 0.3) is 0 Å². The molecule has 1 aromatic carbocycles. The van der Waals surface area contributed by atoms with E-state index in [1.807, 2.05) is 24.3 Å². The summed E-state index contributed by atoms with van der Waals surface area (Å²) >= 11 is 0. The first-order valence-electron chi connectivity index (χ1n) is 6.64. The molecule has 19 heavy (non-hydrogen) atoms. The summed E-state index contributed by atoms with van der Waals surface area (Å²) in [5.74, 6) is -0.813. The van der Waals surface area contributed by atoms with Crippen LogP contribution in [0.4, 0.5) is 0 Å². The van der Waals surface area contributed by atoms with Crippen molar-refractivity contribution < 1.29 is 15.0 Å². The Morgan fingerprint density at radius 1 is 1.26 bits per heavy atom.